The van der Waals surface area contributed by atoms with Gasteiger partial charge in [0.15, 0.2) is 17.3 Å². The van der Waals surface area contributed by atoms with Gasteiger partial charge in [0.25, 0.3) is 0 Å². The number of rotatable bonds is 9. The van der Waals surface area contributed by atoms with Gasteiger partial charge in [-0.25, -0.2) is 0 Å². The van der Waals surface area contributed by atoms with Crippen molar-refractivity contribution in [2.45, 2.75) is 58.4 Å². The van der Waals surface area contributed by atoms with E-state index in [1.165, 1.54) is 0 Å². The van der Waals surface area contributed by atoms with Gasteiger partial charge in [0, 0.05) is 18.6 Å². The van der Waals surface area contributed by atoms with Crippen molar-refractivity contribution in [3.05, 3.63) is 35.4 Å². The summed E-state index contributed by atoms with van der Waals surface area (Å²) >= 11 is 0. The molecule has 0 saturated carbocycles. The van der Waals surface area contributed by atoms with Crippen LogP contribution in [0.25, 0.3) is 0 Å². The SMILES string of the molecule is C=CC(=O)Nc1cc(O[C@@H]2O[C@H](COC(C)=O)[C@H](O)[C@H](O)[C@H]2O)c(C(C)=O)c(C(C)=O)c1C(C)=O. The Morgan fingerprint density at radius 2 is 1.51 bits per heavy atom. The molecule has 1 fully saturated rings. The number of amides is 1. The lowest BCUT2D eigenvalue weighted by Gasteiger charge is -2.40. The summed E-state index contributed by atoms with van der Waals surface area (Å²) in [6, 6.07) is 1.09. The van der Waals surface area contributed by atoms with E-state index in [4.69, 9.17) is 14.2 Å². The number of anilines is 1. The third-order valence-electron chi connectivity index (χ3n) is 5.15. The van der Waals surface area contributed by atoms with Crippen LogP contribution in [0.15, 0.2) is 18.7 Å². The lowest BCUT2D eigenvalue weighted by molar-refractivity contribution is -0.278. The van der Waals surface area contributed by atoms with E-state index in [0.29, 0.717) is 0 Å². The Morgan fingerprint density at radius 3 is 2.00 bits per heavy atom. The molecule has 1 aromatic rings. The number of ether oxygens (including phenoxy) is 3. The van der Waals surface area contributed by atoms with E-state index in [9.17, 15) is 39.3 Å². The molecule has 1 amide bonds. The molecule has 0 aliphatic carbocycles. The molecule has 0 aromatic heterocycles. The molecule has 1 heterocycles. The fourth-order valence-electron chi connectivity index (χ4n) is 3.58. The van der Waals surface area contributed by atoms with Crippen LogP contribution >= 0.6 is 0 Å². The number of aliphatic hydroxyl groups excluding tert-OH is 3. The fraction of sp³-hybridized carbons (Fsp3) is 0.435. The standard InChI is InChI=1S/C23H27NO11/c1-6-16(29)24-13-7-14(18(10(3)26)19(11(4)27)17(13)9(2)25)34-23-22(32)21(31)20(30)15(35-23)8-33-12(5)28/h6-7,15,20-23,30-32H,1,8H2,2-5H3,(H,24,29)/t15-,20+,21+,22-,23-/m1/s1. The molecule has 4 N–H and O–H groups in total. The zero-order chi connectivity index (χ0) is 26.6. The van der Waals surface area contributed by atoms with Gasteiger partial charge in [0.2, 0.25) is 12.2 Å². The van der Waals surface area contributed by atoms with Gasteiger partial charge < -0.3 is 34.8 Å². The van der Waals surface area contributed by atoms with Crippen molar-refractivity contribution < 1.29 is 53.5 Å². The van der Waals surface area contributed by atoms with Gasteiger partial charge in [-0.2, -0.15) is 0 Å². The number of hydrogen-bond acceptors (Lipinski definition) is 11. The van der Waals surface area contributed by atoms with Crippen LogP contribution < -0.4 is 10.1 Å². The molecule has 0 radical (unpaired) electrons. The van der Waals surface area contributed by atoms with Crippen LogP contribution in [0.2, 0.25) is 0 Å². The third-order valence-corrected chi connectivity index (χ3v) is 5.15. The second-order valence-electron chi connectivity index (χ2n) is 7.84. The molecule has 1 aliphatic rings. The van der Waals surface area contributed by atoms with Gasteiger partial charge in [-0.05, 0) is 26.8 Å². The molecule has 1 saturated heterocycles. The van der Waals surface area contributed by atoms with Crippen LogP contribution in [0.3, 0.4) is 0 Å². The minimum Gasteiger partial charge on any atom is -0.463 e. The maximum Gasteiger partial charge on any atom is 0.302 e. The first-order valence-electron chi connectivity index (χ1n) is 10.5. The Bertz CT molecular complexity index is 1060. The van der Waals surface area contributed by atoms with E-state index in [-0.39, 0.29) is 28.1 Å². The van der Waals surface area contributed by atoms with Crippen molar-refractivity contribution in [2.75, 3.05) is 11.9 Å². The van der Waals surface area contributed by atoms with Gasteiger partial charge in [-0.3, -0.25) is 24.0 Å². The van der Waals surface area contributed by atoms with E-state index >= 15 is 0 Å². The van der Waals surface area contributed by atoms with E-state index in [0.717, 1.165) is 39.8 Å². The van der Waals surface area contributed by atoms with Gasteiger partial charge in [-0.15, -0.1) is 0 Å². The van der Waals surface area contributed by atoms with Crippen LogP contribution in [0.5, 0.6) is 5.75 Å². The molecule has 190 valence electrons. The number of Topliss-reactive ketones (excluding diaryl/α,β-unsaturated/α-hetero) is 3. The molecular weight excluding hydrogens is 466 g/mol. The molecule has 1 aliphatic heterocycles. The first kappa shape index (κ1) is 27.8. The van der Waals surface area contributed by atoms with Crippen LogP contribution in [0.4, 0.5) is 5.69 Å². The van der Waals surface area contributed by atoms with E-state index < -0.39 is 66.5 Å². The second-order valence-corrected chi connectivity index (χ2v) is 7.84. The second kappa shape index (κ2) is 11.3. The lowest BCUT2D eigenvalue weighted by Crippen LogP contribution is -2.60. The maximum absolute atomic E-state index is 12.5. The van der Waals surface area contributed by atoms with Crippen LogP contribution in [0, 0.1) is 0 Å². The predicted octanol–water partition coefficient (Wildman–Crippen LogP) is 0.168. The van der Waals surface area contributed by atoms with Crippen molar-refractivity contribution in [2.24, 2.45) is 0 Å². The third kappa shape index (κ3) is 6.17. The zero-order valence-corrected chi connectivity index (χ0v) is 19.6. The summed E-state index contributed by atoms with van der Waals surface area (Å²) in [6.07, 6.45) is -7.38. The smallest absolute Gasteiger partial charge is 0.302 e. The minimum absolute atomic E-state index is 0.171. The Kier molecular flexibility index (Phi) is 8.99. The number of carbonyl (C=O) groups excluding carboxylic acids is 5. The summed E-state index contributed by atoms with van der Waals surface area (Å²) in [5.41, 5.74) is -1.06. The molecule has 35 heavy (non-hydrogen) atoms. The maximum atomic E-state index is 12.5. The topological polar surface area (TPSA) is 186 Å². The highest BCUT2D eigenvalue weighted by molar-refractivity contribution is 6.19. The van der Waals surface area contributed by atoms with Gasteiger partial charge in [0.1, 0.15) is 36.8 Å². The van der Waals surface area contributed by atoms with Crippen LogP contribution in [0.1, 0.15) is 58.8 Å². The van der Waals surface area contributed by atoms with Crippen LogP contribution in [-0.2, 0) is 19.1 Å². The number of carbonyl (C=O) groups is 5. The largest absolute Gasteiger partial charge is 0.463 e. The Morgan fingerprint density at radius 1 is 0.943 bits per heavy atom. The average Bonchev–Trinajstić information content (AvgIpc) is 2.77. The van der Waals surface area contributed by atoms with Gasteiger partial charge in [0.05, 0.1) is 16.8 Å². The Balaban J connectivity index is 2.64. The van der Waals surface area contributed by atoms with Crippen molar-refractivity contribution in [1.82, 2.24) is 0 Å². The number of benzene rings is 1. The first-order chi connectivity index (χ1) is 16.3. The van der Waals surface area contributed by atoms with E-state index in [2.05, 4.69) is 11.9 Å². The lowest BCUT2D eigenvalue weighted by atomic mass is 9.91. The number of aliphatic hydroxyl groups is 3. The molecule has 2 rings (SSSR count). The minimum atomic E-state index is -1.84. The number of esters is 1. The Labute approximate surface area is 200 Å². The highest BCUT2D eigenvalue weighted by Gasteiger charge is 2.46. The monoisotopic (exact) mass is 493 g/mol. The fourth-order valence-corrected chi connectivity index (χ4v) is 3.58. The van der Waals surface area contributed by atoms with E-state index in [1.54, 1.807) is 0 Å². The summed E-state index contributed by atoms with van der Waals surface area (Å²) in [5.74, 6) is -3.77. The number of nitrogens with one attached hydrogen (secondary N) is 1. The molecule has 12 heteroatoms. The predicted molar refractivity (Wildman–Crippen MR) is 119 cm³/mol. The highest BCUT2D eigenvalue weighted by Crippen LogP contribution is 2.36. The van der Waals surface area contributed by atoms with Crippen molar-refractivity contribution in [3.8, 4) is 5.75 Å². The van der Waals surface area contributed by atoms with Gasteiger partial charge >= 0.3 is 5.97 Å². The summed E-state index contributed by atoms with van der Waals surface area (Å²) < 4.78 is 15.9. The molecule has 1 aromatic carbocycles. The molecule has 0 unspecified atom stereocenters. The Hall–Kier alpha value is -3.45. The van der Waals surface area contributed by atoms with Crippen molar-refractivity contribution >= 4 is 34.9 Å². The van der Waals surface area contributed by atoms with Gasteiger partial charge in [-0.1, -0.05) is 6.58 Å². The number of hydrogen-bond donors (Lipinski definition) is 4. The molecular formula is C23H27NO11. The zero-order valence-electron chi connectivity index (χ0n) is 19.6. The molecule has 12 nitrogen and oxygen atoms in total. The normalized spacial score (nSPS) is 23.7. The van der Waals surface area contributed by atoms with Crippen molar-refractivity contribution in [1.29, 1.82) is 0 Å². The first-order valence-corrected chi connectivity index (χ1v) is 10.5. The van der Waals surface area contributed by atoms with Crippen molar-refractivity contribution in [3.63, 3.8) is 0 Å². The summed E-state index contributed by atoms with van der Waals surface area (Å²) in [5, 5.41) is 33.2. The highest BCUT2D eigenvalue weighted by atomic mass is 16.7. The number of ketones is 3. The summed E-state index contributed by atoms with van der Waals surface area (Å²) in [7, 11) is 0. The summed E-state index contributed by atoms with van der Waals surface area (Å²) in [6.45, 7) is 7.32. The quantitative estimate of drug-likeness (QED) is 0.209. The van der Waals surface area contributed by atoms with E-state index in [1.807, 2.05) is 0 Å². The molecule has 0 bridgehead atoms. The summed E-state index contributed by atoms with van der Waals surface area (Å²) in [4.78, 5) is 60.5. The van der Waals surface area contributed by atoms with Crippen LogP contribution in [-0.4, -0.2) is 81.9 Å². The molecule has 5 atom stereocenters. The molecule has 0 spiro atoms. The average molecular weight is 493 g/mol.